The number of piperidine rings is 1. The minimum absolute atomic E-state index is 0.208. The Kier molecular flexibility index (Phi) is 5.52. The summed E-state index contributed by atoms with van der Waals surface area (Å²) in [5.74, 6) is 1.25. The monoisotopic (exact) mass is 308 g/mol. The molecule has 0 aromatic heterocycles. The van der Waals surface area contributed by atoms with Gasteiger partial charge in [0.15, 0.2) is 0 Å². The van der Waals surface area contributed by atoms with Crippen molar-refractivity contribution in [1.82, 2.24) is 9.62 Å². The number of hydrogen-bond donors (Lipinski definition) is 1. The molecule has 2 unspecified atom stereocenters. The molecule has 112 valence electrons. The molecular formula is C13H25ClN2O2S. The first kappa shape index (κ1) is 15.5. The van der Waals surface area contributed by atoms with Crippen molar-refractivity contribution in [2.24, 2.45) is 5.92 Å². The second-order valence-corrected chi connectivity index (χ2v) is 8.26. The van der Waals surface area contributed by atoms with E-state index in [9.17, 15) is 8.42 Å². The van der Waals surface area contributed by atoms with Crippen LogP contribution >= 0.6 is 11.6 Å². The highest BCUT2D eigenvalue weighted by molar-refractivity contribution is 7.89. The fourth-order valence-electron chi connectivity index (χ4n) is 3.39. The summed E-state index contributed by atoms with van der Waals surface area (Å²) in [6.07, 6.45) is 6.24. The normalized spacial score (nSPS) is 31.8. The lowest BCUT2D eigenvalue weighted by molar-refractivity contribution is 0.135. The van der Waals surface area contributed by atoms with Gasteiger partial charge in [0.2, 0.25) is 10.0 Å². The third-order valence-electron chi connectivity index (χ3n) is 4.58. The molecular weight excluding hydrogens is 284 g/mol. The van der Waals surface area contributed by atoms with E-state index in [0.29, 0.717) is 36.8 Å². The Bertz CT molecular complexity index is 374. The first-order valence-corrected chi connectivity index (χ1v) is 9.46. The highest BCUT2D eigenvalue weighted by Crippen LogP contribution is 2.37. The molecule has 0 aliphatic carbocycles. The summed E-state index contributed by atoms with van der Waals surface area (Å²) < 4.78 is 26.4. The molecule has 2 saturated heterocycles. The first-order chi connectivity index (χ1) is 9.02. The fourth-order valence-corrected chi connectivity index (χ4v) is 4.80. The molecule has 0 radical (unpaired) electrons. The van der Waals surface area contributed by atoms with Gasteiger partial charge in [-0.05, 0) is 51.5 Å². The Morgan fingerprint density at radius 3 is 2.42 bits per heavy atom. The number of sulfonamides is 1. The number of fused-ring (bicyclic) bond motifs is 2. The summed E-state index contributed by atoms with van der Waals surface area (Å²) in [6, 6.07) is 1.34. The summed E-state index contributed by atoms with van der Waals surface area (Å²) in [5.41, 5.74) is 0. The molecule has 0 amide bonds. The molecule has 2 aliphatic rings. The number of halogens is 1. The maximum atomic E-state index is 11.8. The van der Waals surface area contributed by atoms with Gasteiger partial charge >= 0.3 is 0 Å². The van der Waals surface area contributed by atoms with Gasteiger partial charge in [-0.3, -0.25) is 0 Å². The van der Waals surface area contributed by atoms with Crippen molar-refractivity contribution in [3.05, 3.63) is 0 Å². The average Bonchev–Trinajstić information content (AvgIpc) is 2.60. The maximum Gasteiger partial charge on any atom is 0.211 e. The van der Waals surface area contributed by atoms with Gasteiger partial charge in [-0.1, -0.05) is 0 Å². The Balaban J connectivity index is 1.74. The lowest BCUT2D eigenvalue weighted by Crippen LogP contribution is -2.43. The standard InChI is InChI=1S/C13H25ClN2O2S/c1-16-12-4-5-13(16)9-11(8-12)10-15-19(17,18)7-3-2-6-14/h11-13,15H,2-10H2,1H3. The number of hydrogen-bond acceptors (Lipinski definition) is 3. The number of unbranched alkanes of at least 4 members (excludes halogenated alkanes) is 1. The fraction of sp³-hybridized carbons (Fsp3) is 1.00. The number of rotatable bonds is 7. The van der Waals surface area contributed by atoms with E-state index in [1.54, 1.807) is 0 Å². The van der Waals surface area contributed by atoms with Crippen LogP contribution < -0.4 is 4.72 Å². The van der Waals surface area contributed by atoms with Gasteiger partial charge in [0, 0.05) is 24.5 Å². The van der Waals surface area contributed by atoms with E-state index in [1.807, 2.05) is 0 Å². The van der Waals surface area contributed by atoms with Crippen molar-refractivity contribution in [2.75, 3.05) is 25.2 Å². The first-order valence-electron chi connectivity index (χ1n) is 7.27. The van der Waals surface area contributed by atoms with E-state index >= 15 is 0 Å². The molecule has 6 heteroatoms. The van der Waals surface area contributed by atoms with Gasteiger partial charge in [-0.25, -0.2) is 13.1 Å². The van der Waals surface area contributed by atoms with Crippen LogP contribution in [0.5, 0.6) is 0 Å². The summed E-state index contributed by atoms with van der Waals surface area (Å²) in [7, 11) is -0.900. The molecule has 2 rings (SSSR count). The molecule has 0 spiro atoms. The smallest absolute Gasteiger partial charge is 0.211 e. The van der Waals surface area contributed by atoms with Crippen molar-refractivity contribution in [1.29, 1.82) is 0 Å². The topological polar surface area (TPSA) is 49.4 Å². The van der Waals surface area contributed by atoms with Gasteiger partial charge < -0.3 is 4.90 Å². The van der Waals surface area contributed by atoms with Crippen LogP contribution in [0.4, 0.5) is 0 Å². The van der Waals surface area contributed by atoms with Crippen LogP contribution in [0.15, 0.2) is 0 Å². The van der Waals surface area contributed by atoms with Crippen LogP contribution in [0.1, 0.15) is 38.5 Å². The van der Waals surface area contributed by atoms with Crippen LogP contribution in [0.25, 0.3) is 0 Å². The summed E-state index contributed by atoms with van der Waals surface area (Å²) >= 11 is 5.56. The van der Waals surface area contributed by atoms with Crippen molar-refractivity contribution >= 4 is 21.6 Å². The molecule has 2 heterocycles. The van der Waals surface area contributed by atoms with Gasteiger partial charge in [0.25, 0.3) is 0 Å². The highest BCUT2D eigenvalue weighted by Gasteiger charge is 2.38. The minimum atomic E-state index is -3.10. The average molecular weight is 309 g/mol. The molecule has 19 heavy (non-hydrogen) atoms. The Morgan fingerprint density at radius 2 is 1.84 bits per heavy atom. The number of nitrogens with zero attached hydrogens (tertiary/aromatic N) is 1. The van der Waals surface area contributed by atoms with E-state index < -0.39 is 10.0 Å². The maximum absolute atomic E-state index is 11.8. The Morgan fingerprint density at radius 1 is 1.21 bits per heavy atom. The molecule has 2 atom stereocenters. The van der Waals surface area contributed by atoms with E-state index in [1.165, 1.54) is 12.8 Å². The Labute approximate surface area is 121 Å². The predicted molar refractivity (Wildman–Crippen MR) is 79.0 cm³/mol. The van der Waals surface area contributed by atoms with Crippen molar-refractivity contribution in [2.45, 2.75) is 50.6 Å². The quantitative estimate of drug-likeness (QED) is 0.576. The van der Waals surface area contributed by atoms with Crippen LogP contribution in [0.3, 0.4) is 0 Å². The van der Waals surface area contributed by atoms with Crippen LogP contribution in [-0.2, 0) is 10.0 Å². The SMILES string of the molecule is CN1C2CCC1CC(CNS(=O)(=O)CCCCCl)C2. The molecule has 2 aliphatic heterocycles. The van der Waals surface area contributed by atoms with Crippen molar-refractivity contribution < 1.29 is 8.42 Å². The zero-order chi connectivity index (χ0) is 13.9. The number of alkyl halides is 1. The molecule has 4 nitrogen and oxygen atoms in total. The van der Waals surface area contributed by atoms with E-state index in [2.05, 4.69) is 16.7 Å². The molecule has 0 saturated carbocycles. The van der Waals surface area contributed by atoms with E-state index in [-0.39, 0.29) is 5.75 Å². The van der Waals surface area contributed by atoms with Crippen LogP contribution in [0.2, 0.25) is 0 Å². The molecule has 1 N–H and O–H groups in total. The molecule has 0 aromatic carbocycles. The molecule has 0 aromatic rings. The zero-order valence-electron chi connectivity index (χ0n) is 11.6. The summed E-state index contributed by atoms with van der Waals surface area (Å²) in [6.45, 7) is 0.615. The van der Waals surface area contributed by atoms with Gasteiger partial charge in [0.05, 0.1) is 5.75 Å². The predicted octanol–water partition coefficient (Wildman–Crippen LogP) is 1.80. The van der Waals surface area contributed by atoms with E-state index in [4.69, 9.17) is 11.6 Å². The lowest BCUT2D eigenvalue weighted by atomic mass is 9.91. The zero-order valence-corrected chi connectivity index (χ0v) is 13.2. The third kappa shape index (κ3) is 4.31. The van der Waals surface area contributed by atoms with Crippen molar-refractivity contribution in [3.8, 4) is 0 Å². The summed E-state index contributed by atoms with van der Waals surface area (Å²) in [5, 5.41) is 0. The van der Waals surface area contributed by atoms with Gasteiger partial charge in [0.1, 0.15) is 0 Å². The third-order valence-corrected chi connectivity index (χ3v) is 6.28. The second kappa shape index (κ2) is 6.74. The summed E-state index contributed by atoms with van der Waals surface area (Å²) in [4.78, 5) is 2.48. The lowest BCUT2D eigenvalue weighted by Gasteiger charge is -2.36. The largest absolute Gasteiger partial charge is 0.300 e. The Hall–Kier alpha value is 0.160. The van der Waals surface area contributed by atoms with Gasteiger partial charge in [-0.2, -0.15) is 0 Å². The highest BCUT2D eigenvalue weighted by atomic mass is 35.5. The van der Waals surface area contributed by atoms with E-state index in [0.717, 1.165) is 19.3 Å². The van der Waals surface area contributed by atoms with Crippen LogP contribution in [0, 0.1) is 5.92 Å². The van der Waals surface area contributed by atoms with Gasteiger partial charge in [-0.15, -0.1) is 11.6 Å². The minimum Gasteiger partial charge on any atom is -0.300 e. The van der Waals surface area contributed by atoms with Crippen LogP contribution in [-0.4, -0.2) is 50.6 Å². The molecule has 2 fully saturated rings. The number of nitrogens with one attached hydrogen (secondary N) is 1. The molecule has 2 bridgehead atoms. The van der Waals surface area contributed by atoms with Crippen molar-refractivity contribution in [3.63, 3.8) is 0 Å². The second-order valence-electron chi connectivity index (χ2n) is 5.95.